The highest BCUT2D eigenvalue weighted by atomic mass is 32.2. The summed E-state index contributed by atoms with van der Waals surface area (Å²) in [6, 6.07) is 22.5. The summed E-state index contributed by atoms with van der Waals surface area (Å²) in [5, 5.41) is 0.115. The van der Waals surface area contributed by atoms with Crippen LogP contribution in [0.2, 0.25) is 0 Å². The Bertz CT molecular complexity index is 936. The van der Waals surface area contributed by atoms with Gasteiger partial charge in [0.25, 0.3) is 0 Å². The number of hydrogen-bond acceptors (Lipinski definition) is 4. The number of fused-ring (bicyclic) bond motifs is 2. The maximum absolute atomic E-state index is 13.0. The van der Waals surface area contributed by atoms with Gasteiger partial charge in [-0.3, -0.25) is 0 Å². The molecule has 1 aliphatic rings. The maximum Gasteiger partial charge on any atom is 0.326 e. The van der Waals surface area contributed by atoms with Gasteiger partial charge < -0.3 is 8.92 Å². The fourth-order valence-electron chi connectivity index (χ4n) is 2.66. The molecule has 0 amide bonds. The van der Waals surface area contributed by atoms with Crippen molar-refractivity contribution in [2.45, 2.75) is 0 Å². The number of para-hydroxylation sites is 3. The summed E-state index contributed by atoms with van der Waals surface area (Å²) in [4.78, 5) is 0. The monoisotopic (exact) mass is 337 g/mol. The lowest BCUT2D eigenvalue weighted by atomic mass is 10.00. The molecule has 3 aromatic rings. The van der Waals surface area contributed by atoms with Crippen molar-refractivity contribution in [1.82, 2.24) is 0 Å². The average Bonchev–Trinajstić information content (AvgIpc) is 2.60. The van der Waals surface area contributed by atoms with Crippen LogP contribution in [0.15, 0.2) is 78.9 Å². The van der Waals surface area contributed by atoms with Crippen molar-refractivity contribution in [2.75, 3.05) is 0 Å². The van der Waals surface area contributed by atoms with Crippen LogP contribution in [0.4, 0.5) is 0 Å². The van der Waals surface area contributed by atoms with Crippen LogP contribution in [0.5, 0.6) is 17.2 Å². The van der Waals surface area contributed by atoms with Gasteiger partial charge in [-0.25, -0.2) is 0 Å². The number of benzene rings is 3. The van der Waals surface area contributed by atoms with Crippen molar-refractivity contribution in [3.05, 3.63) is 95.2 Å². The van der Waals surface area contributed by atoms with Crippen LogP contribution in [0, 0.1) is 5.25 Å². The molecule has 119 valence electrons. The van der Waals surface area contributed by atoms with E-state index >= 15 is 0 Å². The van der Waals surface area contributed by atoms with Crippen LogP contribution in [0.3, 0.4) is 0 Å². The van der Waals surface area contributed by atoms with Crippen molar-refractivity contribution in [3.63, 3.8) is 0 Å². The maximum atomic E-state index is 13.0. The highest BCUT2D eigenvalue weighted by Crippen LogP contribution is 2.46. The van der Waals surface area contributed by atoms with Crippen molar-refractivity contribution in [1.29, 1.82) is 0 Å². The predicted octanol–water partition coefficient (Wildman–Crippen LogP) is 4.13. The highest BCUT2D eigenvalue weighted by Gasteiger charge is 2.39. The highest BCUT2D eigenvalue weighted by molar-refractivity contribution is 7.90. The first kappa shape index (κ1) is 14.8. The lowest BCUT2D eigenvalue weighted by Gasteiger charge is -2.26. The molecule has 24 heavy (non-hydrogen) atoms. The molecule has 0 atom stereocenters. The minimum atomic E-state index is -4.03. The zero-order chi connectivity index (χ0) is 16.6. The zero-order valence-electron chi connectivity index (χ0n) is 12.5. The summed E-state index contributed by atoms with van der Waals surface area (Å²) >= 11 is 0. The number of ether oxygens (including phenoxy) is 1. The third kappa shape index (κ3) is 2.53. The zero-order valence-corrected chi connectivity index (χ0v) is 13.4. The Labute approximate surface area is 140 Å². The smallest absolute Gasteiger partial charge is 0.326 e. The minimum absolute atomic E-state index is 0.115. The Hall–Kier alpha value is -2.79. The van der Waals surface area contributed by atoms with E-state index < -0.39 is 10.1 Å². The molecule has 0 bridgehead atoms. The first-order valence-electron chi connectivity index (χ1n) is 7.38. The molecule has 0 saturated carbocycles. The molecule has 0 N–H and O–H groups in total. The lowest BCUT2D eigenvalue weighted by molar-refractivity contribution is 0.457. The molecule has 0 fully saturated rings. The molecule has 3 aromatic carbocycles. The molecule has 1 heterocycles. The molecule has 4 nitrogen and oxygen atoms in total. The fraction of sp³-hybridized carbons (Fsp3) is 0. The van der Waals surface area contributed by atoms with Gasteiger partial charge in [0.05, 0.1) is 0 Å². The Morgan fingerprint density at radius 3 is 1.75 bits per heavy atom. The molecule has 1 aliphatic heterocycles. The van der Waals surface area contributed by atoms with Gasteiger partial charge in [-0.1, -0.05) is 54.6 Å². The van der Waals surface area contributed by atoms with Gasteiger partial charge in [-0.15, -0.1) is 0 Å². The average molecular weight is 337 g/mol. The summed E-state index contributed by atoms with van der Waals surface area (Å²) in [5.41, 5.74) is 0.985. The SMILES string of the molecule is O=S(=O)(Oc1ccccc1)[C]1c2ccccc2Oc2ccccc21. The summed E-state index contributed by atoms with van der Waals surface area (Å²) in [6.07, 6.45) is 0. The quantitative estimate of drug-likeness (QED) is 0.674. The normalized spacial score (nSPS) is 13.5. The molecular formula is C19H13O4S. The van der Waals surface area contributed by atoms with E-state index in [4.69, 9.17) is 8.92 Å². The van der Waals surface area contributed by atoms with Crippen molar-refractivity contribution in [3.8, 4) is 17.2 Å². The van der Waals surface area contributed by atoms with Crippen molar-refractivity contribution in [2.24, 2.45) is 0 Å². The molecule has 5 heteroatoms. The van der Waals surface area contributed by atoms with Crippen LogP contribution in [-0.4, -0.2) is 8.42 Å². The van der Waals surface area contributed by atoms with E-state index in [9.17, 15) is 8.42 Å². The molecule has 0 unspecified atom stereocenters. The lowest BCUT2D eigenvalue weighted by Crippen LogP contribution is -2.24. The van der Waals surface area contributed by atoms with E-state index in [1.54, 1.807) is 78.9 Å². The van der Waals surface area contributed by atoms with Gasteiger partial charge in [-0.2, -0.15) is 8.42 Å². The molecule has 0 aromatic heterocycles. The van der Waals surface area contributed by atoms with Gasteiger partial charge in [0, 0.05) is 11.1 Å². The number of rotatable bonds is 3. The predicted molar refractivity (Wildman–Crippen MR) is 90.4 cm³/mol. The molecule has 0 spiro atoms. The number of hydrogen-bond donors (Lipinski definition) is 0. The molecule has 1 radical (unpaired) electrons. The van der Waals surface area contributed by atoms with Crippen molar-refractivity contribution >= 4 is 10.1 Å². The summed E-state index contributed by atoms with van der Waals surface area (Å²) in [5.74, 6) is 1.25. The van der Waals surface area contributed by atoms with E-state index in [2.05, 4.69) is 0 Å². The van der Waals surface area contributed by atoms with E-state index in [0.717, 1.165) is 0 Å². The van der Waals surface area contributed by atoms with E-state index in [1.807, 2.05) is 0 Å². The van der Waals surface area contributed by atoms with Gasteiger partial charge >= 0.3 is 10.1 Å². The van der Waals surface area contributed by atoms with Gasteiger partial charge in [0.2, 0.25) is 0 Å². The van der Waals surface area contributed by atoms with E-state index in [-0.39, 0.29) is 11.0 Å². The largest absolute Gasteiger partial charge is 0.457 e. The molecular weight excluding hydrogens is 324 g/mol. The second-order valence-electron chi connectivity index (χ2n) is 5.27. The van der Waals surface area contributed by atoms with Gasteiger partial charge in [-0.05, 0) is 24.3 Å². The van der Waals surface area contributed by atoms with E-state index in [0.29, 0.717) is 22.6 Å². The van der Waals surface area contributed by atoms with E-state index in [1.165, 1.54) is 0 Å². The van der Waals surface area contributed by atoms with Crippen LogP contribution in [0.25, 0.3) is 0 Å². The second kappa shape index (κ2) is 5.69. The fourth-order valence-corrected chi connectivity index (χ4v) is 3.99. The van der Waals surface area contributed by atoms with Gasteiger partial charge in [0.15, 0.2) is 5.25 Å². The van der Waals surface area contributed by atoms with Crippen LogP contribution >= 0.6 is 0 Å². The van der Waals surface area contributed by atoms with Crippen LogP contribution < -0.4 is 8.92 Å². The third-order valence-electron chi connectivity index (χ3n) is 3.68. The second-order valence-corrected chi connectivity index (χ2v) is 6.76. The van der Waals surface area contributed by atoms with Crippen LogP contribution in [-0.2, 0) is 10.1 Å². The third-order valence-corrected chi connectivity index (χ3v) is 5.03. The van der Waals surface area contributed by atoms with Crippen LogP contribution in [0.1, 0.15) is 11.1 Å². The van der Waals surface area contributed by atoms with Crippen molar-refractivity contribution < 1.29 is 17.3 Å². The molecule has 0 saturated heterocycles. The standard InChI is InChI=1S/C19H13O4S/c20-24(21,23-14-8-2-1-3-9-14)19-15-10-4-6-12-17(15)22-18-13-7-5-11-16(18)19/h1-13H. The Kier molecular flexibility index (Phi) is 3.50. The molecule has 4 rings (SSSR count). The Morgan fingerprint density at radius 2 is 1.17 bits per heavy atom. The van der Waals surface area contributed by atoms with Gasteiger partial charge in [0.1, 0.15) is 17.2 Å². The molecule has 0 aliphatic carbocycles. The topological polar surface area (TPSA) is 52.6 Å². The Balaban J connectivity index is 1.85. The summed E-state index contributed by atoms with van der Waals surface area (Å²) in [6.45, 7) is 0. The summed E-state index contributed by atoms with van der Waals surface area (Å²) in [7, 11) is -4.03. The summed E-state index contributed by atoms with van der Waals surface area (Å²) < 4.78 is 37.1. The Morgan fingerprint density at radius 1 is 0.667 bits per heavy atom. The first-order chi connectivity index (χ1) is 11.6. The minimum Gasteiger partial charge on any atom is -0.457 e. The first-order valence-corrected chi connectivity index (χ1v) is 8.79.